The first kappa shape index (κ1) is 17.0. The van der Waals surface area contributed by atoms with E-state index < -0.39 is 36.6 Å². The third kappa shape index (κ3) is 4.24. The molecule has 0 aliphatic carbocycles. The highest BCUT2D eigenvalue weighted by Crippen LogP contribution is 2.41. The molecule has 0 saturated carbocycles. The fourth-order valence-corrected chi connectivity index (χ4v) is 1.89. The van der Waals surface area contributed by atoms with E-state index >= 15 is 0 Å². The van der Waals surface area contributed by atoms with E-state index in [4.69, 9.17) is 17.3 Å². The summed E-state index contributed by atoms with van der Waals surface area (Å²) in [4.78, 5) is 0. The van der Waals surface area contributed by atoms with Crippen molar-refractivity contribution in [2.75, 3.05) is 0 Å². The van der Waals surface area contributed by atoms with E-state index in [0.29, 0.717) is 0 Å². The third-order valence-corrected chi connectivity index (χ3v) is 2.84. The van der Waals surface area contributed by atoms with E-state index in [1.165, 1.54) is 0 Å². The lowest BCUT2D eigenvalue weighted by Gasteiger charge is -2.28. The molecule has 0 aliphatic rings. The fraction of sp³-hybridized carbons (Fsp3) is 0.455. The Kier molecular flexibility index (Phi) is 4.91. The van der Waals surface area contributed by atoms with Gasteiger partial charge in [0, 0.05) is 11.1 Å². The summed E-state index contributed by atoms with van der Waals surface area (Å²) in [5.41, 5.74) is 4.63. The summed E-state index contributed by atoms with van der Waals surface area (Å²) < 4.78 is 87.9. The molecule has 0 heterocycles. The van der Waals surface area contributed by atoms with Crippen LogP contribution >= 0.6 is 11.6 Å². The van der Waals surface area contributed by atoms with Crippen molar-refractivity contribution in [1.29, 1.82) is 0 Å². The molecule has 0 saturated heterocycles. The summed E-state index contributed by atoms with van der Waals surface area (Å²) >= 11 is 5.43. The molecule has 9 heteroatoms. The van der Waals surface area contributed by atoms with Crippen LogP contribution in [0, 0.1) is 11.7 Å². The summed E-state index contributed by atoms with van der Waals surface area (Å²) in [6, 6.07) is 0.606. The number of hydrogen-bond donors (Lipinski definition) is 1. The first-order valence-corrected chi connectivity index (χ1v) is 5.63. The molecule has 1 atom stereocenters. The smallest absolute Gasteiger partial charge is 0.327 e. The minimum atomic E-state index is -5.55. The van der Waals surface area contributed by atoms with Gasteiger partial charge in [-0.15, -0.1) is 0 Å². The predicted octanol–water partition coefficient (Wildman–Crippen LogP) is 4.09. The molecular weight excluding hydrogens is 315 g/mol. The molecule has 0 aliphatic heterocycles. The van der Waals surface area contributed by atoms with E-state index in [-0.39, 0.29) is 10.6 Å². The molecule has 1 aromatic rings. The Bertz CT molecular complexity index is 455. The molecule has 1 unspecified atom stereocenters. The van der Waals surface area contributed by atoms with Crippen LogP contribution in [0.25, 0.3) is 0 Å². The van der Waals surface area contributed by atoms with Gasteiger partial charge in [-0.05, 0) is 24.1 Å². The average Bonchev–Trinajstić information content (AvgIpc) is 2.17. The second-order valence-electron chi connectivity index (χ2n) is 4.16. The Morgan fingerprint density at radius 1 is 1.05 bits per heavy atom. The van der Waals surface area contributed by atoms with Gasteiger partial charge < -0.3 is 5.73 Å². The quantitative estimate of drug-likeness (QED) is 0.833. The molecule has 0 spiro atoms. The van der Waals surface area contributed by atoms with Crippen molar-refractivity contribution in [3.63, 3.8) is 0 Å². The second-order valence-corrected chi connectivity index (χ2v) is 4.60. The third-order valence-electron chi connectivity index (χ3n) is 2.60. The van der Waals surface area contributed by atoms with Crippen molar-refractivity contribution in [2.45, 2.75) is 24.8 Å². The largest absolute Gasteiger partial charge is 0.402 e. The SMILES string of the molecule is NC(Cc1ccc(Cl)cc1F)C(C(F)(F)F)C(F)(F)F. The van der Waals surface area contributed by atoms with E-state index in [1.807, 2.05) is 0 Å². The zero-order chi connectivity index (χ0) is 15.7. The van der Waals surface area contributed by atoms with Gasteiger partial charge in [-0.1, -0.05) is 17.7 Å². The van der Waals surface area contributed by atoms with Crippen molar-refractivity contribution >= 4 is 11.6 Å². The average molecular weight is 324 g/mol. The van der Waals surface area contributed by atoms with Gasteiger partial charge in [-0.25, -0.2) is 4.39 Å². The van der Waals surface area contributed by atoms with Crippen LogP contribution < -0.4 is 5.73 Å². The van der Waals surface area contributed by atoms with Gasteiger partial charge in [0.1, 0.15) is 5.82 Å². The molecule has 114 valence electrons. The number of benzene rings is 1. The molecule has 0 aromatic heterocycles. The number of alkyl halides is 6. The summed E-state index contributed by atoms with van der Waals surface area (Å²) in [5, 5.41) is -0.0250. The van der Waals surface area contributed by atoms with Crippen LogP contribution in [-0.4, -0.2) is 18.4 Å². The van der Waals surface area contributed by atoms with E-state index in [1.54, 1.807) is 0 Å². The van der Waals surface area contributed by atoms with Crippen LogP contribution in [0.1, 0.15) is 5.56 Å². The molecule has 20 heavy (non-hydrogen) atoms. The van der Waals surface area contributed by atoms with Crippen LogP contribution in [0.15, 0.2) is 18.2 Å². The van der Waals surface area contributed by atoms with Gasteiger partial charge in [-0.3, -0.25) is 0 Å². The highest BCUT2D eigenvalue weighted by molar-refractivity contribution is 6.30. The normalized spacial score (nSPS) is 14.7. The second kappa shape index (κ2) is 5.77. The Morgan fingerprint density at radius 2 is 1.55 bits per heavy atom. The lowest BCUT2D eigenvalue weighted by molar-refractivity contribution is -0.289. The van der Waals surface area contributed by atoms with Crippen LogP contribution in [0.5, 0.6) is 0 Å². The topological polar surface area (TPSA) is 26.0 Å². The molecule has 0 fully saturated rings. The maximum absolute atomic E-state index is 13.4. The predicted molar refractivity (Wildman–Crippen MR) is 58.7 cm³/mol. The van der Waals surface area contributed by atoms with Crippen LogP contribution in [0.4, 0.5) is 30.7 Å². The number of hydrogen-bond acceptors (Lipinski definition) is 1. The van der Waals surface area contributed by atoms with Crippen LogP contribution in [-0.2, 0) is 6.42 Å². The Balaban J connectivity index is 3.00. The lowest BCUT2D eigenvalue weighted by atomic mass is 9.93. The van der Waals surface area contributed by atoms with E-state index in [9.17, 15) is 30.7 Å². The zero-order valence-corrected chi connectivity index (χ0v) is 10.5. The van der Waals surface area contributed by atoms with Crippen molar-refractivity contribution in [1.82, 2.24) is 0 Å². The van der Waals surface area contributed by atoms with Crippen molar-refractivity contribution in [3.8, 4) is 0 Å². The molecule has 1 aromatic carbocycles. The lowest BCUT2D eigenvalue weighted by Crippen LogP contribution is -2.49. The number of nitrogens with two attached hydrogens (primary N) is 1. The molecule has 2 N–H and O–H groups in total. The zero-order valence-electron chi connectivity index (χ0n) is 9.69. The maximum atomic E-state index is 13.4. The standard InChI is InChI=1S/C11H9ClF7N/c12-6-2-1-5(7(13)4-6)3-8(20)9(10(14,15)16)11(17,18)19/h1-2,4,8-9H,3,20H2. The van der Waals surface area contributed by atoms with Crippen molar-refractivity contribution in [3.05, 3.63) is 34.6 Å². The van der Waals surface area contributed by atoms with Gasteiger partial charge in [-0.2, -0.15) is 26.3 Å². The molecule has 0 bridgehead atoms. The van der Waals surface area contributed by atoms with Gasteiger partial charge in [0.25, 0.3) is 0 Å². The van der Waals surface area contributed by atoms with E-state index in [0.717, 1.165) is 18.2 Å². The Labute approximate surface area is 114 Å². The van der Waals surface area contributed by atoms with Crippen molar-refractivity contribution in [2.24, 2.45) is 11.7 Å². The summed E-state index contributed by atoms with van der Waals surface area (Å²) in [6.07, 6.45) is -12.0. The highest BCUT2D eigenvalue weighted by atomic mass is 35.5. The van der Waals surface area contributed by atoms with E-state index in [2.05, 4.69) is 0 Å². The van der Waals surface area contributed by atoms with Gasteiger partial charge in [0.05, 0.1) is 0 Å². The van der Waals surface area contributed by atoms with Gasteiger partial charge in [0.2, 0.25) is 0 Å². The van der Waals surface area contributed by atoms with Crippen LogP contribution in [0.3, 0.4) is 0 Å². The highest BCUT2D eigenvalue weighted by Gasteiger charge is 2.59. The summed E-state index contributed by atoms with van der Waals surface area (Å²) in [5.74, 6) is -4.72. The van der Waals surface area contributed by atoms with Gasteiger partial charge in [0.15, 0.2) is 5.92 Å². The maximum Gasteiger partial charge on any atom is 0.402 e. The minimum Gasteiger partial charge on any atom is -0.327 e. The first-order valence-electron chi connectivity index (χ1n) is 5.26. The molecule has 0 amide bonds. The molecule has 0 radical (unpaired) electrons. The first-order chi connectivity index (χ1) is 8.93. The van der Waals surface area contributed by atoms with Crippen molar-refractivity contribution < 1.29 is 30.7 Å². The summed E-state index contributed by atoms with van der Waals surface area (Å²) in [6.45, 7) is 0. The monoisotopic (exact) mass is 323 g/mol. The fourth-order valence-electron chi connectivity index (χ4n) is 1.73. The molecule has 1 rings (SSSR count). The Hall–Kier alpha value is -1.02. The minimum absolute atomic E-state index is 0.0250. The van der Waals surface area contributed by atoms with Crippen LogP contribution in [0.2, 0.25) is 5.02 Å². The number of halogens is 8. The molecular formula is C11H9ClF7N. The number of rotatable bonds is 3. The molecule has 1 nitrogen and oxygen atoms in total. The Morgan fingerprint density at radius 3 is 1.95 bits per heavy atom. The summed E-state index contributed by atoms with van der Waals surface area (Å²) in [7, 11) is 0. The van der Waals surface area contributed by atoms with Gasteiger partial charge >= 0.3 is 12.4 Å².